The minimum absolute atomic E-state index is 0.0658. The average molecular weight is 411 g/mol. The van der Waals surface area contributed by atoms with Crippen molar-refractivity contribution in [3.8, 4) is 11.5 Å². The second-order valence-corrected chi connectivity index (χ2v) is 8.61. The number of ether oxygens (including phenoxy) is 3. The van der Waals surface area contributed by atoms with Crippen molar-refractivity contribution in [3.05, 3.63) is 48.0 Å². The van der Waals surface area contributed by atoms with Crippen molar-refractivity contribution >= 4 is 17.3 Å². The molecule has 160 valence electrons. The number of methoxy groups -OCH3 is 1. The molecule has 2 aromatic rings. The Hall–Kier alpha value is -2.73. The smallest absolute Gasteiger partial charge is 0.262 e. The lowest BCUT2D eigenvalue weighted by Crippen LogP contribution is -2.39. The lowest BCUT2D eigenvalue weighted by Gasteiger charge is -2.33. The number of fused-ring (bicyclic) bond motifs is 1. The summed E-state index contributed by atoms with van der Waals surface area (Å²) in [6, 6.07) is 13.7. The lowest BCUT2D eigenvalue weighted by molar-refractivity contribution is -0.118. The molecule has 1 fully saturated rings. The fourth-order valence-corrected chi connectivity index (χ4v) is 4.16. The minimum atomic E-state index is -0.247. The van der Waals surface area contributed by atoms with Gasteiger partial charge in [-0.15, -0.1) is 0 Å². The number of rotatable bonds is 6. The van der Waals surface area contributed by atoms with Gasteiger partial charge in [-0.2, -0.15) is 0 Å². The first kappa shape index (κ1) is 20.5. The number of hydrogen-bond donors (Lipinski definition) is 1. The Morgan fingerprint density at radius 1 is 1.23 bits per heavy atom. The molecule has 6 heteroatoms. The van der Waals surface area contributed by atoms with Gasteiger partial charge in [0.15, 0.2) is 18.1 Å². The van der Waals surface area contributed by atoms with Gasteiger partial charge in [0.05, 0.1) is 6.10 Å². The quantitative estimate of drug-likeness (QED) is 0.779. The number of nitrogens with one attached hydrogen (secondary N) is 1. The van der Waals surface area contributed by atoms with E-state index in [9.17, 15) is 4.79 Å². The number of nitrogens with zero attached hydrogens (tertiary/aromatic N) is 1. The first-order chi connectivity index (χ1) is 14.4. The van der Waals surface area contributed by atoms with Crippen LogP contribution in [0.5, 0.6) is 11.5 Å². The summed E-state index contributed by atoms with van der Waals surface area (Å²) < 4.78 is 17.3. The Morgan fingerprint density at radius 2 is 2.03 bits per heavy atom. The summed E-state index contributed by atoms with van der Waals surface area (Å²) in [6.45, 7) is 5.96. The molecule has 0 radical (unpaired) electrons. The molecule has 30 heavy (non-hydrogen) atoms. The summed E-state index contributed by atoms with van der Waals surface area (Å²) in [6.07, 6.45) is 3.34. The summed E-state index contributed by atoms with van der Waals surface area (Å²) in [5.41, 5.74) is 2.76. The van der Waals surface area contributed by atoms with Crippen LogP contribution in [0, 0.1) is 0 Å². The summed E-state index contributed by atoms with van der Waals surface area (Å²) >= 11 is 0. The van der Waals surface area contributed by atoms with Gasteiger partial charge in [0.25, 0.3) is 5.91 Å². The number of anilines is 2. The summed E-state index contributed by atoms with van der Waals surface area (Å²) in [7, 11) is 1.77. The number of hydrogen-bond acceptors (Lipinski definition) is 5. The number of carbonyl (C=O) groups is 1. The number of carbonyl (C=O) groups excluding carboxylic acids is 1. The Bertz CT molecular complexity index is 895. The highest BCUT2D eigenvalue weighted by Gasteiger charge is 2.32. The zero-order valence-corrected chi connectivity index (χ0v) is 17.9. The standard InChI is InChI=1S/C24H30N2O4/c1-24(2)14-17-6-4-8-21(23(17)30-24)29-16-22(27)25-18-9-11-19(12-10-18)26-13-5-7-20(15-26)28-3/h4,6,8-12,20H,5,7,13-16H2,1-3H3,(H,25,27). The minimum Gasteiger partial charge on any atom is -0.483 e. The Labute approximate surface area is 178 Å². The van der Waals surface area contributed by atoms with E-state index in [4.69, 9.17) is 14.2 Å². The largest absolute Gasteiger partial charge is 0.483 e. The number of benzene rings is 2. The van der Waals surface area contributed by atoms with Crippen LogP contribution in [-0.2, 0) is 16.0 Å². The van der Waals surface area contributed by atoms with E-state index in [1.54, 1.807) is 7.11 Å². The van der Waals surface area contributed by atoms with Crippen molar-refractivity contribution in [3.63, 3.8) is 0 Å². The molecule has 1 atom stereocenters. The third-order valence-corrected chi connectivity index (χ3v) is 5.64. The average Bonchev–Trinajstić information content (AvgIpc) is 3.07. The molecule has 0 bridgehead atoms. The van der Waals surface area contributed by atoms with Gasteiger partial charge in [0.2, 0.25) is 0 Å². The fraction of sp³-hybridized carbons (Fsp3) is 0.458. The van der Waals surface area contributed by atoms with E-state index in [-0.39, 0.29) is 24.2 Å². The van der Waals surface area contributed by atoms with Crippen LogP contribution in [-0.4, -0.2) is 44.4 Å². The molecule has 0 aliphatic carbocycles. The predicted octanol–water partition coefficient (Wildman–Crippen LogP) is 4.03. The van der Waals surface area contributed by atoms with Gasteiger partial charge in [-0.1, -0.05) is 12.1 Å². The van der Waals surface area contributed by atoms with Crippen LogP contribution in [0.25, 0.3) is 0 Å². The Kier molecular flexibility index (Phi) is 5.86. The summed E-state index contributed by atoms with van der Waals surface area (Å²) in [4.78, 5) is 14.7. The van der Waals surface area contributed by atoms with E-state index in [0.29, 0.717) is 5.75 Å². The van der Waals surface area contributed by atoms with Crippen molar-refractivity contribution in [1.29, 1.82) is 0 Å². The molecule has 2 aliphatic rings. The Balaban J connectivity index is 1.32. The molecular formula is C24H30N2O4. The fourth-order valence-electron chi connectivity index (χ4n) is 4.16. The van der Waals surface area contributed by atoms with Crippen LogP contribution in [0.4, 0.5) is 11.4 Å². The first-order valence-electron chi connectivity index (χ1n) is 10.5. The molecule has 1 unspecified atom stereocenters. The van der Waals surface area contributed by atoms with Gasteiger partial charge < -0.3 is 24.4 Å². The molecular weight excluding hydrogens is 380 g/mol. The summed E-state index contributed by atoms with van der Waals surface area (Å²) in [5.74, 6) is 1.16. The number of para-hydroxylation sites is 1. The normalized spacial score (nSPS) is 19.7. The van der Waals surface area contributed by atoms with E-state index < -0.39 is 0 Å². The highest BCUT2D eigenvalue weighted by atomic mass is 16.5. The molecule has 4 rings (SSSR count). The van der Waals surface area contributed by atoms with Crippen LogP contribution >= 0.6 is 0 Å². The van der Waals surface area contributed by atoms with Crippen molar-refractivity contribution < 1.29 is 19.0 Å². The van der Waals surface area contributed by atoms with Crippen LogP contribution in [0.15, 0.2) is 42.5 Å². The summed E-state index contributed by atoms with van der Waals surface area (Å²) in [5, 5.41) is 2.90. The van der Waals surface area contributed by atoms with Crippen LogP contribution in [0.1, 0.15) is 32.3 Å². The van der Waals surface area contributed by atoms with E-state index in [2.05, 4.69) is 10.2 Å². The van der Waals surface area contributed by atoms with Crippen LogP contribution in [0.2, 0.25) is 0 Å². The highest BCUT2D eigenvalue weighted by Crippen LogP contribution is 2.41. The monoisotopic (exact) mass is 410 g/mol. The SMILES string of the molecule is COC1CCCN(c2ccc(NC(=O)COc3cccc4c3OC(C)(C)C4)cc2)C1. The molecule has 0 spiro atoms. The van der Waals surface area contributed by atoms with E-state index in [1.807, 2.05) is 56.3 Å². The van der Waals surface area contributed by atoms with Crippen LogP contribution < -0.4 is 19.7 Å². The molecule has 2 heterocycles. The number of amides is 1. The maximum atomic E-state index is 12.4. The number of piperidine rings is 1. The topological polar surface area (TPSA) is 60.0 Å². The second-order valence-electron chi connectivity index (χ2n) is 8.61. The lowest BCUT2D eigenvalue weighted by atomic mass is 10.0. The zero-order chi connectivity index (χ0) is 21.1. The Morgan fingerprint density at radius 3 is 2.80 bits per heavy atom. The third kappa shape index (κ3) is 4.70. The van der Waals surface area contributed by atoms with Gasteiger partial charge in [-0.05, 0) is 57.0 Å². The molecule has 0 saturated carbocycles. The van der Waals surface area contributed by atoms with Gasteiger partial charge in [0, 0.05) is 43.6 Å². The highest BCUT2D eigenvalue weighted by molar-refractivity contribution is 5.92. The second kappa shape index (κ2) is 8.56. The van der Waals surface area contributed by atoms with Crippen molar-refractivity contribution in [1.82, 2.24) is 0 Å². The van der Waals surface area contributed by atoms with Gasteiger partial charge in [0.1, 0.15) is 5.60 Å². The molecule has 6 nitrogen and oxygen atoms in total. The van der Waals surface area contributed by atoms with E-state index in [1.165, 1.54) is 0 Å². The maximum Gasteiger partial charge on any atom is 0.262 e. The van der Waals surface area contributed by atoms with Gasteiger partial charge in [-0.3, -0.25) is 4.79 Å². The maximum absolute atomic E-state index is 12.4. The van der Waals surface area contributed by atoms with E-state index in [0.717, 1.165) is 55.0 Å². The van der Waals surface area contributed by atoms with Crippen molar-refractivity contribution in [2.24, 2.45) is 0 Å². The van der Waals surface area contributed by atoms with Crippen molar-refractivity contribution in [2.45, 2.75) is 44.8 Å². The van der Waals surface area contributed by atoms with Crippen LogP contribution in [0.3, 0.4) is 0 Å². The third-order valence-electron chi connectivity index (χ3n) is 5.64. The molecule has 0 aromatic heterocycles. The first-order valence-corrected chi connectivity index (χ1v) is 10.5. The molecule has 1 N–H and O–H groups in total. The molecule has 2 aromatic carbocycles. The van der Waals surface area contributed by atoms with Gasteiger partial charge >= 0.3 is 0 Å². The predicted molar refractivity (Wildman–Crippen MR) is 118 cm³/mol. The molecule has 1 saturated heterocycles. The van der Waals surface area contributed by atoms with Crippen molar-refractivity contribution in [2.75, 3.05) is 37.0 Å². The van der Waals surface area contributed by atoms with Gasteiger partial charge in [-0.25, -0.2) is 0 Å². The molecule has 2 aliphatic heterocycles. The van der Waals surface area contributed by atoms with E-state index >= 15 is 0 Å². The molecule has 1 amide bonds. The zero-order valence-electron chi connectivity index (χ0n) is 17.9.